The predicted molar refractivity (Wildman–Crippen MR) is 512 cm³/mol. The number of hydrogen-bond donors (Lipinski definition) is 0. The molecule has 28 nitrogen and oxygen atoms in total. The summed E-state index contributed by atoms with van der Waals surface area (Å²) in [6, 6.07) is 64.9. The monoisotopic (exact) mass is 1890 g/mol. The van der Waals surface area contributed by atoms with Gasteiger partial charge in [-0.1, -0.05) is 125 Å². The van der Waals surface area contributed by atoms with Crippen LogP contribution < -0.4 is 0 Å². The number of fused-ring (bicyclic) bond motifs is 15. The Labute approximate surface area is 785 Å². The lowest BCUT2D eigenvalue weighted by atomic mass is 9.98. The number of aromatic nitrogens is 17. The molecule has 5 aliphatic heterocycles. The van der Waals surface area contributed by atoms with Gasteiger partial charge in [0.1, 0.15) is 43.5 Å². The minimum atomic E-state index is -0.511. The molecule has 134 heavy (non-hydrogen) atoms. The Morgan fingerprint density at radius 2 is 0.896 bits per heavy atom. The summed E-state index contributed by atoms with van der Waals surface area (Å²) in [7, 11) is 0. The number of benzene rings is 8. The standard InChI is InChI=1S/C22H16FN3O2.C22H16N6O.C20H16IN3O2.C20H12N6O.C19H13ClN4/c1-3-14-9-10-18-16(11-14)20(15-7-5-6-8-17(15)23)24-12-19-21(22(27)28-4-2)25-13-26(18)19;1-3-14-8-9-17-15(11-14)20(16-7-5-6-10-23-16)24-12-18-21(25-13-28(17)18)22-26-19(4-2)27-29-22;1-2-26-20(25)19-17-11-22-18(13-6-4-3-5-7-13)15-10-14(21)8-9-16(15)24(17)12-23-19;1-2-13-6-7-16-14(9-13)18(15-5-3-4-8-21-15)22-10-17-19(24-12-26(16)17)20-23-11-25-27-20;1-3-13-8-9-17-15(10-13)19(14-6-4-5-7-16(14)20)21-11-18-23-22-12(2)24(17)18/h1,5-11,13H,4,12H2,2H3;1,5-11,13H,4,12H2,2H3;3-10,12H,2,11H2,1H3;1,3-9,11-12H,10H2;1,4-10H,11H2,2H3. The topological polar surface area (TPSA) is 320 Å². The zero-order valence-corrected chi connectivity index (χ0v) is 75.0. The normalized spacial score (nSPS) is 12.5. The number of carbonyl (C=O) groups is 2. The highest BCUT2D eigenvalue weighted by atomic mass is 127. The average Bonchev–Trinajstić information content (AvgIpc) is 1.63. The predicted octanol–water partition coefficient (Wildman–Crippen LogP) is 16.9. The molecule has 0 atom stereocenters. The van der Waals surface area contributed by atoms with E-state index in [1.165, 1.54) is 12.4 Å². The number of aryl methyl sites for hydroxylation is 2. The summed E-state index contributed by atoms with van der Waals surface area (Å²) in [5, 5.41) is 16.7. The summed E-state index contributed by atoms with van der Waals surface area (Å²) in [6.45, 7) is 9.72. The second-order valence-electron chi connectivity index (χ2n) is 29.9. The first kappa shape index (κ1) is 87.5. The molecule has 5 aliphatic rings. The van der Waals surface area contributed by atoms with Crippen LogP contribution in [0.2, 0.25) is 5.02 Å². The van der Waals surface area contributed by atoms with E-state index >= 15 is 0 Å². The molecule has 9 aromatic heterocycles. The van der Waals surface area contributed by atoms with Crippen molar-refractivity contribution in [2.24, 2.45) is 25.0 Å². The van der Waals surface area contributed by atoms with E-state index in [0.717, 1.165) is 145 Å². The second-order valence-corrected chi connectivity index (χ2v) is 31.6. The molecule has 0 unspecified atom stereocenters. The number of ether oxygens (including phenoxy) is 2. The Balaban J connectivity index is 0.000000112. The fourth-order valence-corrected chi connectivity index (χ4v) is 16.6. The van der Waals surface area contributed by atoms with Crippen LogP contribution >= 0.6 is 34.2 Å². The summed E-state index contributed by atoms with van der Waals surface area (Å²) in [5.41, 5.74) is 24.4. The molecule has 22 rings (SSSR count). The van der Waals surface area contributed by atoms with Crippen LogP contribution in [-0.2, 0) is 48.6 Å². The molecule has 0 N–H and O–H groups in total. The van der Waals surface area contributed by atoms with Gasteiger partial charge in [-0.2, -0.15) is 9.97 Å². The van der Waals surface area contributed by atoms with Crippen molar-refractivity contribution in [1.82, 2.24) is 83.2 Å². The van der Waals surface area contributed by atoms with Crippen molar-refractivity contribution in [2.45, 2.75) is 66.8 Å². The van der Waals surface area contributed by atoms with Gasteiger partial charge in [-0.25, -0.2) is 33.9 Å². The molecule has 0 saturated heterocycles. The van der Waals surface area contributed by atoms with E-state index in [2.05, 4.69) is 118 Å². The van der Waals surface area contributed by atoms with Crippen LogP contribution in [0, 0.1) is 65.7 Å². The van der Waals surface area contributed by atoms with Gasteiger partial charge in [0.15, 0.2) is 40.8 Å². The smallest absolute Gasteiger partial charge is 0.358 e. The maximum Gasteiger partial charge on any atom is 0.358 e. The summed E-state index contributed by atoms with van der Waals surface area (Å²) in [6.07, 6.45) is 34.7. The Hall–Kier alpha value is -17.2. The summed E-state index contributed by atoms with van der Waals surface area (Å²) >= 11 is 8.71. The van der Waals surface area contributed by atoms with Crippen LogP contribution in [0.3, 0.4) is 0 Å². The Morgan fingerprint density at radius 3 is 1.40 bits per heavy atom. The van der Waals surface area contributed by atoms with Crippen molar-refractivity contribution in [3.63, 3.8) is 0 Å². The number of carbonyl (C=O) groups excluding carboxylic acids is 2. The molecule has 0 amide bonds. The van der Waals surface area contributed by atoms with E-state index < -0.39 is 11.9 Å². The van der Waals surface area contributed by atoms with E-state index in [1.807, 2.05) is 196 Å². The average molecular weight is 1900 g/mol. The maximum atomic E-state index is 14.5. The first-order chi connectivity index (χ1) is 65.6. The molecule has 31 heteroatoms. The molecular formula is C103H73ClFIN22O6. The van der Waals surface area contributed by atoms with Crippen molar-refractivity contribution >= 4 is 74.7 Å². The minimum Gasteiger partial charge on any atom is -0.461 e. The Kier molecular flexibility index (Phi) is 25.5. The minimum absolute atomic E-state index is 0.151. The molecular weight excluding hydrogens is 1820 g/mol. The van der Waals surface area contributed by atoms with E-state index in [1.54, 1.807) is 86.4 Å². The molecule has 0 spiro atoms. The van der Waals surface area contributed by atoms with E-state index in [0.29, 0.717) is 107 Å². The summed E-state index contributed by atoms with van der Waals surface area (Å²) in [5.74, 6) is 12.4. The SMILES string of the molecule is C#Cc1ccc2c(c1)C(c1ccccc1Cl)=NCc1nnc(C)n1-2.C#Cc1ccc2c(c1)C(c1ccccc1F)=NCc1c(C(=O)OCC)ncn1-2.C#Cc1ccc2c(c1)C(c1ccccn1)=NCc1c(-c3nc(CC)no3)ncn1-2.C#Cc1ccc2c(c1)C(c1ccccn1)=NCc1c(-c3ncno3)ncn1-2.CCOC(=O)c1ncn2c1CN=C(c1ccccc1)c1cc(I)ccc1-2. The number of imidazole rings is 4. The third-order valence-corrected chi connectivity index (χ3v) is 23.1. The van der Waals surface area contributed by atoms with Crippen LogP contribution in [-0.4, -0.2) is 137 Å². The highest BCUT2D eigenvalue weighted by molar-refractivity contribution is 14.1. The van der Waals surface area contributed by atoms with Gasteiger partial charge in [-0.05, 0) is 177 Å². The van der Waals surface area contributed by atoms with Crippen molar-refractivity contribution in [3.8, 4) is 101 Å². The Bertz CT molecular complexity index is 7790. The van der Waals surface area contributed by atoms with E-state index in [-0.39, 0.29) is 24.7 Å². The second kappa shape index (κ2) is 39.0. The number of esters is 2. The summed E-state index contributed by atoms with van der Waals surface area (Å²) < 4.78 is 46.2. The lowest BCUT2D eigenvalue weighted by Gasteiger charge is -2.13. The van der Waals surface area contributed by atoms with Crippen molar-refractivity contribution in [2.75, 3.05) is 13.2 Å². The fourth-order valence-electron chi connectivity index (χ4n) is 15.9. The zero-order valence-electron chi connectivity index (χ0n) is 72.1. The summed E-state index contributed by atoms with van der Waals surface area (Å²) in [4.78, 5) is 83.5. The van der Waals surface area contributed by atoms with Gasteiger partial charge in [0, 0.05) is 94.2 Å². The highest BCUT2D eigenvalue weighted by Crippen LogP contribution is 2.37. The van der Waals surface area contributed by atoms with Gasteiger partial charge < -0.3 is 18.5 Å². The maximum absolute atomic E-state index is 14.5. The third-order valence-electron chi connectivity index (χ3n) is 22.1. The van der Waals surface area contributed by atoms with Crippen molar-refractivity contribution in [3.05, 3.63) is 394 Å². The number of terminal acetylenes is 4. The molecule has 8 aromatic carbocycles. The third kappa shape index (κ3) is 17.5. The fraction of sp³-hybridized carbons (Fsp3) is 0.117. The first-order valence-electron chi connectivity index (χ1n) is 42.1. The van der Waals surface area contributed by atoms with Crippen LogP contribution in [0.25, 0.3) is 51.6 Å². The van der Waals surface area contributed by atoms with Gasteiger partial charge in [0.25, 0.3) is 11.8 Å². The van der Waals surface area contributed by atoms with Crippen LogP contribution in [0.1, 0.15) is 160 Å². The van der Waals surface area contributed by atoms with Crippen LogP contribution in [0.15, 0.2) is 284 Å². The number of nitrogens with zero attached hydrogens (tertiary/aromatic N) is 22. The molecule has 17 aromatic rings. The molecule has 0 aliphatic carbocycles. The molecule has 0 bridgehead atoms. The molecule has 0 fully saturated rings. The largest absolute Gasteiger partial charge is 0.461 e. The molecule has 14 heterocycles. The van der Waals surface area contributed by atoms with Gasteiger partial charge in [0.05, 0.1) is 131 Å². The highest BCUT2D eigenvalue weighted by Gasteiger charge is 2.33. The Morgan fingerprint density at radius 1 is 0.448 bits per heavy atom. The van der Waals surface area contributed by atoms with Gasteiger partial charge in [0.2, 0.25) is 0 Å². The quantitative estimate of drug-likeness (QED) is 0.0623. The number of halogens is 3. The number of aliphatic imine (C=N–C) groups is 5. The number of hydrogen-bond acceptors (Lipinski definition) is 23. The van der Waals surface area contributed by atoms with E-state index in [4.69, 9.17) is 75.8 Å². The van der Waals surface area contributed by atoms with Crippen molar-refractivity contribution < 1.29 is 32.5 Å². The first-order valence-corrected chi connectivity index (χ1v) is 43.6. The van der Waals surface area contributed by atoms with Crippen molar-refractivity contribution in [1.29, 1.82) is 0 Å². The van der Waals surface area contributed by atoms with E-state index in [9.17, 15) is 14.0 Å². The lowest BCUT2D eigenvalue weighted by Crippen LogP contribution is -2.09. The van der Waals surface area contributed by atoms with Crippen LogP contribution in [0.4, 0.5) is 4.39 Å². The molecule has 652 valence electrons. The zero-order chi connectivity index (χ0) is 92.5. The van der Waals surface area contributed by atoms with Gasteiger partial charge in [-0.3, -0.25) is 57.8 Å². The lowest BCUT2D eigenvalue weighted by molar-refractivity contribution is 0.0509. The number of pyridine rings is 2. The molecule has 0 radical (unpaired) electrons. The molecule has 0 saturated carbocycles. The van der Waals surface area contributed by atoms with Gasteiger partial charge in [-0.15, -0.1) is 35.9 Å². The van der Waals surface area contributed by atoms with Gasteiger partial charge >= 0.3 is 11.9 Å². The van der Waals surface area contributed by atoms with Crippen LogP contribution in [0.5, 0.6) is 0 Å². The number of rotatable bonds is 12.